The zero-order valence-corrected chi connectivity index (χ0v) is 16.7. The van der Waals surface area contributed by atoms with E-state index in [1.165, 1.54) is 28.2 Å². The molecule has 1 unspecified atom stereocenters. The normalized spacial score (nSPS) is 11.8. The van der Waals surface area contributed by atoms with E-state index in [0.29, 0.717) is 5.13 Å². The SMILES string of the molecule is CCc1ccc(-c2csc(NC(=O)C(C)OC(=O)Cc3ccsc3)n2)cc1. The molecule has 3 aromatic rings. The van der Waals surface area contributed by atoms with Gasteiger partial charge in [-0.25, -0.2) is 4.98 Å². The smallest absolute Gasteiger partial charge is 0.311 e. The third-order valence-corrected chi connectivity index (χ3v) is 5.49. The van der Waals surface area contributed by atoms with Gasteiger partial charge in [0, 0.05) is 10.9 Å². The summed E-state index contributed by atoms with van der Waals surface area (Å²) in [5.74, 6) is -0.817. The van der Waals surface area contributed by atoms with Crippen molar-refractivity contribution >= 4 is 39.7 Å². The number of ether oxygens (including phenoxy) is 1. The minimum Gasteiger partial charge on any atom is -0.452 e. The third kappa shape index (κ3) is 5.24. The largest absolute Gasteiger partial charge is 0.452 e. The van der Waals surface area contributed by atoms with Crippen molar-refractivity contribution in [3.8, 4) is 11.3 Å². The van der Waals surface area contributed by atoms with Crippen molar-refractivity contribution in [1.29, 1.82) is 0 Å². The number of rotatable bonds is 7. The van der Waals surface area contributed by atoms with E-state index >= 15 is 0 Å². The summed E-state index contributed by atoms with van der Waals surface area (Å²) in [4.78, 5) is 28.6. The van der Waals surface area contributed by atoms with E-state index in [1.807, 2.05) is 34.3 Å². The predicted molar refractivity (Wildman–Crippen MR) is 109 cm³/mol. The van der Waals surface area contributed by atoms with Crippen LogP contribution in [0.15, 0.2) is 46.5 Å². The fraction of sp³-hybridized carbons (Fsp3) is 0.250. The van der Waals surface area contributed by atoms with E-state index in [-0.39, 0.29) is 6.42 Å². The van der Waals surface area contributed by atoms with Crippen LogP contribution in [0, 0.1) is 0 Å². The van der Waals surface area contributed by atoms with Crippen molar-refractivity contribution in [1.82, 2.24) is 4.98 Å². The molecule has 2 heterocycles. The Morgan fingerprint density at radius 1 is 1.15 bits per heavy atom. The molecule has 0 saturated heterocycles. The summed E-state index contributed by atoms with van der Waals surface area (Å²) < 4.78 is 5.21. The lowest BCUT2D eigenvalue weighted by Gasteiger charge is -2.12. The number of carbonyl (C=O) groups is 2. The van der Waals surface area contributed by atoms with Gasteiger partial charge in [0.2, 0.25) is 0 Å². The molecule has 7 heteroatoms. The van der Waals surface area contributed by atoms with Crippen LogP contribution < -0.4 is 5.32 Å². The van der Waals surface area contributed by atoms with E-state index in [1.54, 1.807) is 6.92 Å². The first-order valence-corrected chi connectivity index (χ1v) is 10.4. The topological polar surface area (TPSA) is 68.3 Å². The summed E-state index contributed by atoms with van der Waals surface area (Å²) in [6.07, 6.45) is 0.269. The number of benzene rings is 1. The van der Waals surface area contributed by atoms with E-state index < -0.39 is 18.0 Å². The van der Waals surface area contributed by atoms with E-state index in [0.717, 1.165) is 23.2 Å². The lowest BCUT2D eigenvalue weighted by molar-refractivity contribution is -0.152. The number of aromatic nitrogens is 1. The first kappa shape index (κ1) is 19.3. The second-order valence-electron chi connectivity index (χ2n) is 6.02. The average Bonchev–Trinajstić information content (AvgIpc) is 3.33. The molecule has 0 fully saturated rings. The second-order valence-corrected chi connectivity index (χ2v) is 7.66. The molecule has 0 radical (unpaired) electrons. The van der Waals surface area contributed by atoms with Crippen LogP contribution in [-0.4, -0.2) is 23.0 Å². The van der Waals surface area contributed by atoms with Crippen LogP contribution in [-0.2, 0) is 27.2 Å². The molecule has 0 bridgehead atoms. The molecule has 0 aliphatic rings. The molecule has 1 amide bonds. The van der Waals surface area contributed by atoms with Gasteiger partial charge in [-0.15, -0.1) is 11.3 Å². The van der Waals surface area contributed by atoms with Crippen LogP contribution in [0.5, 0.6) is 0 Å². The summed E-state index contributed by atoms with van der Waals surface area (Å²) in [7, 11) is 0. The minimum atomic E-state index is -0.882. The Bertz CT molecular complexity index is 902. The van der Waals surface area contributed by atoms with Gasteiger partial charge in [0.15, 0.2) is 11.2 Å². The number of carbonyl (C=O) groups excluding carboxylic acids is 2. The Morgan fingerprint density at radius 3 is 2.59 bits per heavy atom. The van der Waals surface area contributed by atoms with Crippen molar-refractivity contribution in [2.24, 2.45) is 0 Å². The van der Waals surface area contributed by atoms with Gasteiger partial charge < -0.3 is 4.74 Å². The molecule has 5 nitrogen and oxygen atoms in total. The van der Waals surface area contributed by atoms with Crippen molar-refractivity contribution in [2.45, 2.75) is 32.8 Å². The first-order chi connectivity index (χ1) is 13.0. The van der Waals surface area contributed by atoms with Gasteiger partial charge in [0.25, 0.3) is 5.91 Å². The maximum atomic E-state index is 12.3. The number of anilines is 1. The fourth-order valence-corrected chi connectivity index (χ4v) is 3.83. The molecule has 27 heavy (non-hydrogen) atoms. The summed E-state index contributed by atoms with van der Waals surface area (Å²) in [5.41, 5.74) is 3.95. The van der Waals surface area contributed by atoms with Gasteiger partial charge >= 0.3 is 5.97 Å². The molecule has 1 atom stereocenters. The number of esters is 1. The number of hydrogen-bond acceptors (Lipinski definition) is 6. The number of aryl methyl sites for hydroxylation is 1. The van der Waals surface area contributed by atoms with Gasteiger partial charge in [0.1, 0.15) is 0 Å². The Balaban J connectivity index is 1.55. The van der Waals surface area contributed by atoms with Crippen molar-refractivity contribution in [3.05, 3.63) is 57.6 Å². The lowest BCUT2D eigenvalue weighted by Crippen LogP contribution is -2.30. The Kier molecular flexibility index (Phi) is 6.36. The summed E-state index contributed by atoms with van der Waals surface area (Å²) in [6.45, 7) is 3.67. The molecule has 140 valence electrons. The summed E-state index contributed by atoms with van der Waals surface area (Å²) in [5, 5.41) is 8.87. The van der Waals surface area contributed by atoms with Gasteiger partial charge in [-0.05, 0) is 41.3 Å². The van der Waals surface area contributed by atoms with Crippen LogP contribution in [0.1, 0.15) is 25.0 Å². The van der Waals surface area contributed by atoms with Crippen LogP contribution in [0.2, 0.25) is 0 Å². The number of thiophene rings is 1. The lowest BCUT2D eigenvalue weighted by atomic mass is 10.1. The highest BCUT2D eigenvalue weighted by Gasteiger charge is 2.19. The van der Waals surface area contributed by atoms with Gasteiger partial charge in [0.05, 0.1) is 12.1 Å². The zero-order chi connectivity index (χ0) is 19.2. The quantitative estimate of drug-likeness (QED) is 0.591. The number of hydrogen-bond donors (Lipinski definition) is 1. The summed E-state index contributed by atoms with van der Waals surface area (Å²) >= 11 is 2.86. The number of amides is 1. The van der Waals surface area contributed by atoms with Crippen LogP contribution in [0.4, 0.5) is 5.13 Å². The molecular weight excluding hydrogens is 380 g/mol. The fourth-order valence-electron chi connectivity index (χ4n) is 2.43. The van der Waals surface area contributed by atoms with Gasteiger partial charge in [-0.2, -0.15) is 11.3 Å². The molecule has 1 N–H and O–H groups in total. The third-order valence-electron chi connectivity index (χ3n) is 4.00. The first-order valence-electron chi connectivity index (χ1n) is 8.61. The molecule has 2 aromatic heterocycles. The highest BCUT2D eigenvalue weighted by Crippen LogP contribution is 2.25. The average molecular weight is 401 g/mol. The van der Waals surface area contributed by atoms with Crippen molar-refractivity contribution in [3.63, 3.8) is 0 Å². The maximum absolute atomic E-state index is 12.3. The van der Waals surface area contributed by atoms with E-state index in [9.17, 15) is 9.59 Å². The Morgan fingerprint density at radius 2 is 1.93 bits per heavy atom. The second kappa shape index (κ2) is 8.92. The number of thiazole rings is 1. The molecular formula is C20H20N2O3S2. The molecule has 0 aliphatic heterocycles. The molecule has 0 aliphatic carbocycles. The predicted octanol–water partition coefficient (Wildman–Crippen LogP) is 4.55. The Labute approximate surface area is 166 Å². The standard InChI is InChI=1S/C20H20N2O3S2/c1-3-14-4-6-16(7-5-14)17-12-27-20(21-17)22-19(24)13(2)25-18(23)10-15-8-9-26-11-15/h4-9,11-13H,3,10H2,1-2H3,(H,21,22,24). The van der Waals surface area contributed by atoms with E-state index in [4.69, 9.17) is 4.74 Å². The van der Waals surface area contributed by atoms with Crippen LogP contribution in [0.25, 0.3) is 11.3 Å². The Hall–Kier alpha value is -2.51. The highest BCUT2D eigenvalue weighted by molar-refractivity contribution is 7.14. The zero-order valence-electron chi connectivity index (χ0n) is 15.1. The molecule has 3 rings (SSSR count). The molecule has 0 spiro atoms. The highest BCUT2D eigenvalue weighted by atomic mass is 32.1. The maximum Gasteiger partial charge on any atom is 0.311 e. The number of nitrogens with one attached hydrogen (secondary N) is 1. The van der Waals surface area contributed by atoms with Crippen LogP contribution in [0.3, 0.4) is 0 Å². The summed E-state index contributed by atoms with van der Waals surface area (Å²) in [6, 6.07) is 10.0. The van der Waals surface area contributed by atoms with E-state index in [2.05, 4.69) is 29.4 Å². The van der Waals surface area contributed by atoms with Crippen LogP contribution >= 0.6 is 22.7 Å². The molecule has 1 aromatic carbocycles. The molecule has 0 saturated carbocycles. The van der Waals surface area contributed by atoms with Gasteiger partial charge in [-0.3, -0.25) is 14.9 Å². The van der Waals surface area contributed by atoms with Crippen molar-refractivity contribution in [2.75, 3.05) is 5.32 Å². The minimum absolute atomic E-state index is 0.163. The number of nitrogens with zero attached hydrogens (tertiary/aromatic N) is 1. The van der Waals surface area contributed by atoms with Crippen molar-refractivity contribution < 1.29 is 14.3 Å². The van der Waals surface area contributed by atoms with Gasteiger partial charge in [-0.1, -0.05) is 31.2 Å². The monoisotopic (exact) mass is 400 g/mol.